The van der Waals surface area contributed by atoms with Crippen LogP contribution in [0, 0.1) is 0 Å². The maximum atomic E-state index is 13.9. The highest BCUT2D eigenvalue weighted by Crippen LogP contribution is 2.44. The van der Waals surface area contributed by atoms with Crippen molar-refractivity contribution in [1.82, 2.24) is 9.55 Å². The molecule has 0 bridgehead atoms. The molecule has 1 aliphatic heterocycles. The fourth-order valence-electron chi connectivity index (χ4n) is 7.30. The van der Waals surface area contributed by atoms with Crippen LogP contribution in [0.3, 0.4) is 0 Å². The van der Waals surface area contributed by atoms with Gasteiger partial charge in [0.1, 0.15) is 18.5 Å². The molecule has 0 radical (unpaired) electrons. The lowest BCUT2D eigenvalue weighted by Crippen LogP contribution is -2.68. The minimum absolute atomic E-state index is 0.00482. The number of rotatable bonds is 14. The molecular formula is C44H47N3O9Si. The number of hydrogen-bond donors (Lipinski definition) is 1. The molecule has 5 aromatic rings. The van der Waals surface area contributed by atoms with Gasteiger partial charge in [0, 0.05) is 25.6 Å². The summed E-state index contributed by atoms with van der Waals surface area (Å²) in [6, 6.07) is 39.4. The number of amides is 1. The number of nitrogens with one attached hydrogen (secondary N) is 1. The second kappa shape index (κ2) is 17.6. The van der Waals surface area contributed by atoms with E-state index in [9.17, 15) is 19.2 Å². The predicted octanol–water partition coefficient (Wildman–Crippen LogP) is 5.42. The number of ether oxygens (including phenoxy) is 4. The predicted molar refractivity (Wildman–Crippen MR) is 217 cm³/mol. The van der Waals surface area contributed by atoms with Gasteiger partial charge in [-0.3, -0.25) is 19.0 Å². The lowest BCUT2D eigenvalue weighted by atomic mass is 9.96. The molecule has 296 valence electrons. The Morgan fingerprint density at radius 2 is 1.35 bits per heavy atom. The molecule has 1 unspecified atom stereocenters. The fraction of sp³-hybridized carbons (Fsp3) is 0.295. The summed E-state index contributed by atoms with van der Waals surface area (Å²) in [5.41, 5.74) is -1.25. The van der Waals surface area contributed by atoms with E-state index in [1.54, 1.807) is 30.3 Å². The number of hydrogen-bond acceptors (Lipinski definition) is 10. The number of esters is 2. The maximum absolute atomic E-state index is 13.9. The first-order valence-electron chi connectivity index (χ1n) is 18.7. The van der Waals surface area contributed by atoms with Crippen LogP contribution >= 0.6 is 0 Å². The summed E-state index contributed by atoms with van der Waals surface area (Å²) in [5, 5.41) is 4.19. The Balaban J connectivity index is 1.47. The van der Waals surface area contributed by atoms with Crippen LogP contribution < -0.4 is 21.4 Å². The molecule has 4 atom stereocenters. The van der Waals surface area contributed by atoms with E-state index in [2.05, 4.69) is 55.3 Å². The van der Waals surface area contributed by atoms with Crippen molar-refractivity contribution in [1.29, 1.82) is 0 Å². The van der Waals surface area contributed by atoms with Crippen LogP contribution in [0.5, 0.6) is 0 Å². The van der Waals surface area contributed by atoms with Gasteiger partial charge in [0.15, 0.2) is 17.9 Å². The molecule has 12 nitrogen and oxygen atoms in total. The second-order valence-electron chi connectivity index (χ2n) is 14.9. The first-order chi connectivity index (χ1) is 27.3. The van der Waals surface area contributed by atoms with Crippen molar-refractivity contribution in [3.8, 4) is 0 Å². The zero-order chi connectivity index (χ0) is 40.6. The Kier molecular flexibility index (Phi) is 12.6. The Hall–Kier alpha value is -5.73. The average Bonchev–Trinajstić information content (AvgIpc) is 3.49. The molecule has 1 saturated heterocycles. The van der Waals surface area contributed by atoms with Crippen LogP contribution in [0.4, 0.5) is 5.82 Å². The fourth-order valence-corrected chi connectivity index (χ4v) is 11.9. The van der Waals surface area contributed by atoms with E-state index < -0.39 is 60.9 Å². The Labute approximate surface area is 332 Å². The highest BCUT2D eigenvalue weighted by atomic mass is 28.4. The van der Waals surface area contributed by atoms with E-state index in [1.165, 1.54) is 30.7 Å². The molecule has 1 amide bonds. The third-order valence-corrected chi connectivity index (χ3v) is 14.9. The highest BCUT2D eigenvalue weighted by Gasteiger charge is 2.62. The smallest absolute Gasteiger partial charge is 0.351 e. The Bertz CT molecular complexity index is 2160. The van der Waals surface area contributed by atoms with Gasteiger partial charge in [0.2, 0.25) is 0 Å². The molecule has 6 rings (SSSR count). The summed E-state index contributed by atoms with van der Waals surface area (Å²) in [6.07, 6.45) is -2.33. The molecule has 0 saturated carbocycles. The minimum Gasteiger partial charge on any atom is -0.463 e. The zero-order valence-corrected chi connectivity index (χ0v) is 33.6. The molecule has 0 aliphatic carbocycles. The zero-order valence-electron chi connectivity index (χ0n) is 32.6. The highest BCUT2D eigenvalue weighted by molar-refractivity contribution is 6.99. The van der Waals surface area contributed by atoms with Crippen molar-refractivity contribution in [2.24, 2.45) is 0 Å². The first-order valence-corrected chi connectivity index (χ1v) is 20.6. The standard InChI is InChI=1S/C44H47N3O9Si/c1-31(48)53-29-44(30-54-57(43(3,4)5,35-22-14-8-15-23-35)36-24-16-9-17-25-36)39(52-28-33-18-10-6-11-19-33)38(55-32(2)49)41(56-44)47-27-26-37(46-42(47)51)45-40(50)34-20-12-7-13-21-34/h6-27,38-39,41H,28-30H2,1-5H3,(H,45,46,50,51)/t38-,39?,41+,44+/m0/s1. The number of benzene rings is 4. The van der Waals surface area contributed by atoms with Crippen LogP contribution in [-0.4, -0.2) is 66.7 Å². The van der Waals surface area contributed by atoms with Gasteiger partial charge >= 0.3 is 17.6 Å². The summed E-state index contributed by atoms with van der Waals surface area (Å²) in [6.45, 7) is 8.40. The monoisotopic (exact) mass is 789 g/mol. The summed E-state index contributed by atoms with van der Waals surface area (Å²) in [4.78, 5) is 56.4. The maximum Gasteiger partial charge on any atom is 0.351 e. The summed E-state index contributed by atoms with van der Waals surface area (Å²) >= 11 is 0. The van der Waals surface area contributed by atoms with Crippen molar-refractivity contribution < 1.29 is 37.8 Å². The minimum atomic E-state index is -3.26. The number of aromatic nitrogens is 2. The molecule has 2 heterocycles. The summed E-state index contributed by atoms with van der Waals surface area (Å²) < 4.78 is 33.9. The molecule has 0 spiro atoms. The van der Waals surface area contributed by atoms with Crippen LogP contribution in [0.1, 0.15) is 56.8 Å². The molecule has 1 aromatic heterocycles. The summed E-state index contributed by atoms with van der Waals surface area (Å²) in [5.74, 6) is -1.70. The first kappa shape index (κ1) is 40.9. The quantitative estimate of drug-likeness (QED) is 0.114. The van der Waals surface area contributed by atoms with Gasteiger partial charge in [-0.2, -0.15) is 4.98 Å². The van der Waals surface area contributed by atoms with E-state index in [0.717, 1.165) is 15.9 Å². The SMILES string of the molecule is CC(=O)OC[C@]1(CO[Si](c2ccccc2)(c2ccccc2)C(C)(C)C)O[C@@H](n2ccc(NC(=O)c3ccccc3)nc2=O)[C@@H](OC(C)=O)C1OCc1ccccc1. The van der Waals surface area contributed by atoms with E-state index in [0.29, 0.717) is 5.56 Å². The number of anilines is 1. The summed E-state index contributed by atoms with van der Waals surface area (Å²) in [7, 11) is -3.26. The second-order valence-corrected chi connectivity index (χ2v) is 19.2. The van der Waals surface area contributed by atoms with Gasteiger partial charge in [-0.05, 0) is 39.2 Å². The van der Waals surface area contributed by atoms with E-state index in [4.69, 9.17) is 23.4 Å². The van der Waals surface area contributed by atoms with Crippen LogP contribution in [0.2, 0.25) is 5.04 Å². The molecule has 57 heavy (non-hydrogen) atoms. The molecular weight excluding hydrogens is 743 g/mol. The van der Waals surface area contributed by atoms with Gasteiger partial charge in [-0.15, -0.1) is 0 Å². The molecule has 4 aromatic carbocycles. The van der Waals surface area contributed by atoms with Crippen molar-refractivity contribution in [2.75, 3.05) is 18.5 Å². The van der Waals surface area contributed by atoms with E-state index in [1.807, 2.05) is 66.7 Å². The third kappa shape index (κ3) is 9.13. The van der Waals surface area contributed by atoms with Gasteiger partial charge in [-0.1, -0.05) is 130 Å². The van der Waals surface area contributed by atoms with Gasteiger partial charge < -0.3 is 28.7 Å². The molecule has 1 aliphatic rings. The van der Waals surface area contributed by atoms with Crippen LogP contribution in [0.25, 0.3) is 0 Å². The lowest BCUT2D eigenvalue weighted by Gasteiger charge is -2.45. The van der Waals surface area contributed by atoms with E-state index in [-0.39, 0.29) is 25.6 Å². The van der Waals surface area contributed by atoms with Crippen molar-refractivity contribution in [3.63, 3.8) is 0 Å². The van der Waals surface area contributed by atoms with Crippen molar-refractivity contribution in [3.05, 3.63) is 155 Å². The largest absolute Gasteiger partial charge is 0.463 e. The lowest BCUT2D eigenvalue weighted by molar-refractivity contribution is -0.180. The van der Waals surface area contributed by atoms with Crippen LogP contribution in [0.15, 0.2) is 138 Å². The third-order valence-electron chi connectivity index (χ3n) is 9.88. The molecule has 1 N–H and O–H groups in total. The molecule has 13 heteroatoms. The Morgan fingerprint density at radius 1 is 0.789 bits per heavy atom. The van der Waals surface area contributed by atoms with Gasteiger partial charge in [0.25, 0.3) is 14.2 Å². The van der Waals surface area contributed by atoms with Gasteiger partial charge in [-0.25, -0.2) is 4.79 Å². The molecule has 1 fully saturated rings. The van der Waals surface area contributed by atoms with Crippen LogP contribution in [-0.2, 0) is 39.6 Å². The normalized spacial score (nSPS) is 19.4. The van der Waals surface area contributed by atoms with Gasteiger partial charge in [0.05, 0.1) is 13.2 Å². The number of carbonyl (C=O) groups is 3. The van der Waals surface area contributed by atoms with Crippen molar-refractivity contribution >= 4 is 42.4 Å². The Morgan fingerprint density at radius 3 is 1.88 bits per heavy atom. The topological polar surface area (TPSA) is 144 Å². The average molecular weight is 790 g/mol. The van der Waals surface area contributed by atoms with E-state index >= 15 is 0 Å². The number of nitrogens with zero attached hydrogens (tertiary/aromatic N) is 2. The van der Waals surface area contributed by atoms with Crippen molar-refractivity contribution in [2.45, 2.75) is 70.3 Å². The number of carbonyl (C=O) groups excluding carboxylic acids is 3.